The highest BCUT2D eigenvalue weighted by Gasteiger charge is 2.32. The lowest BCUT2D eigenvalue weighted by Gasteiger charge is -2.25. The van der Waals surface area contributed by atoms with E-state index in [2.05, 4.69) is 0 Å². The van der Waals surface area contributed by atoms with Crippen molar-refractivity contribution in [3.8, 4) is 11.5 Å². The molecule has 0 saturated heterocycles. The van der Waals surface area contributed by atoms with E-state index in [-0.39, 0.29) is 13.0 Å². The molecule has 0 amide bonds. The van der Waals surface area contributed by atoms with Gasteiger partial charge in [-0.3, -0.25) is 4.79 Å². The van der Waals surface area contributed by atoms with Crippen LogP contribution in [0.3, 0.4) is 0 Å². The van der Waals surface area contributed by atoms with Crippen LogP contribution in [0.4, 0.5) is 0 Å². The Bertz CT molecular complexity index is 535. The summed E-state index contributed by atoms with van der Waals surface area (Å²) in [5.41, 5.74) is -0.308. The summed E-state index contributed by atoms with van der Waals surface area (Å²) >= 11 is 0. The molecule has 1 rings (SSSR count). The first kappa shape index (κ1) is 17.8. The Hall–Kier alpha value is -2.24. The predicted octanol–water partition coefficient (Wildman–Crippen LogP) is 2.57. The summed E-state index contributed by atoms with van der Waals surface area (Å²) in [4.78, 5) is 22.3. The quantitative estimate of drug-likeness (QED) is 0.743. The fourth-order valence-corrected chi connectivity index (χ4v) is 1.70. The number of hydrogen-bond donors (Lipinski definition) is 1. The molecule has 0 aliphatic carbocycles. The number of ether oxygens (including phenoxy) is 3. The second kappa shape index (κ2) is 7.68. The van der Waals surface area contributed by atoms with Crippen LogP contribution < -0.4 is 9.47 Å². The molecule has 1 aromatic carbocycles. The zero-order valence-corrected chi connectivity index (χ0v) is 13.3. The first-order chi connectivity index (χ1) is 10.3. The fourth-order valence-electron chi connectivity index (χ4n) is 1.70. The topological polar surface area (TPSA) is 82.1 Å². The molecule has 0 aromatic heterocycles. The molecule has 0 heterocycles. The molecule has 0 saturated carbocycles. The van der Waals surface area contributed by atoms with E-state index in [4.69, 9.17) is 19.3 Å². The maximum Gasteiger partial charge on any atom is 0.349 e. The molecule has 6 heteroatoms. The van der Waals surface area contributed by atoms with Gasteiger partial charge in [-0.25, -0.2) is 4.79 Å². The molecule has 0 unspecified atom stereocenters. The van der Waals surface area contributed by atoms with Gasteiger partial charge in [0.2, 0.25) is 0 Å². The highest BCUT2D eigenvalue weighted by atomic mass is 16.6. The number of esters is 1. The van der Waals surface area contributed by atoms with Crippen molar-refractivity contribution >= 4 is 11.9 Å². The minimum atomic E-state index is -1.09. The number of carboxylic acid groups (broad SMARTS) is 1. The molecule has 0 atom stereocenters. The van der Waals surface area contributed by atoms with Gasteiger partial charge in [-0.1, -0.05) is 0 Å². The van der Waals surface area contributed by atoms with E-state index in [9.17, 15) is 9.59 Å². The highest BCUT2D eigenvalue weighted by molar-refractivity contribution is 5.79. The molecule has 1 N–H and O–H groups in total. The third-order valence-corrected chi connectivity index (χ3v) is 2.86. The Morgan fingerprint density at radius 3 is 2.50 bits per heavy atom. The summed E-state index contributed by atoms with van der Waals surface area (Å²) in [5.74, 6) is -0.243. The van der Waals surface area contributed by atoms with Crippen LogP contribution in [-0.2, 0) is 14.3 Å². The smallest absolute Gasteiger partial charge is 0.349 e. The normalized spacial score (nSPS) is 10.9. The number of carbonyl (C=O) groups is 2. The largest absolute Gasteiger partial charge is 0.493 e. The van der Waals surface area contributed by atoms with Gasteiger partial charge < -0.3 is 19.3 Å². The van der Waals surface area contributed by atoms with Gasteiger partial charge in [0.25, 0.3) is 0 Å². The Kier molecular flexibility index (Phi) is 6.22. The van der Waals surface area contributed by atoms with Crippen molar-refractivity contribution in [3.63, 3.8) is 0 Å². The summed E-state index contributed by atoms with van der Waals surface area (Å²) in [6.45, 7) is 7.23. The maximum absolute atomic E-state index is 11.8. The molecule has 0 aliphatic heterocycles. The van der Waals surface area contributed by atoms with Gasteiger partial charge in [-0.2, -0.15) is 0 Å². The molecule has 6 nitrogen and oxygen atoms in total. The molecular formula is C16H22O6. The summed E-state index contributed by atoms with van der Waals surface area (Å²) in [5, 5.41) is 8.57. The van der Waals surface area contributed by atoms with Crippen molar-refractivity contribution in [1.29, 1.82) is 0 Å². The highest BCUT2D eigenvalue weighted by Crippen LogP contribution is 2.27. The average molecular weight is 310 g/mol. The minimum absolute atomic E-state index is 0.0623. The van der Waals surface area contributed by atoms with Gasteiger partial charge >= 0.3 is 11.9 Å². The molecule has 0 radical (unpaired) electrons. The Morgan fingerprint density at radius 2 is 1.95 bits per heavy atom. The van der Waals surface area contributed by atoms with Crippen LogP contribution in [0, 0.1) is 6.92 Å². The molecule has 1 aromatic rings. The van der Waals surface area contributed by atoms with E-state index in [1.807, 2.05) is 6.92 Å². The van der Waals surface area contributed by atoms with Crippen LogP contribution in [0.15, 0.2) is 18.2 Å². The first-order valence-corrected chi connectivity index (χ1v) is 7.07. The van der Waals surface area contributed by atoms with Gasteiger partial charge in [0.15, 0.2) is 5.60 Å². The lowest BCUT2D eigenvalue weighted by atomic mass is 10.1. The Labute approximate surface area is 130 Å². The van der Waals surface area contributed by atoms with Crippen molar-refractivity contribution in [3.05, 3.63) is 23.8 Å². The lowest BCUT2D eigenvalue weighted by molar-refractivity contribution is -0.158. The van der Waals surface area contributed by atoms with Gasteiger partial charge in [0.1, 0.15) is 11.5 Å². The van der Waals surface area contributed by atoms with Crippen molar-refractivity contribution in [2.45, 2.75) is 39.7 Å². The zero-order chi connectivity index (χ0) is 16.8. The van der Waals surface area contributed by atoms with Crippen molar-refractivity contribution in [2.75, 3.05) is 13.2 Å². The first-order valence-electron chi connectivity index (χ1n) is 7.07. The molecule has 0 spiro atoms. The Balaban J connectivity index is 2.73. The van der Waals surface area contributed by atoms with Crippen LogP contribution in [0.25, 0.3) is 0 Å². The number of hydrogen-bond acceptors (Lipinski definition) is 5. The van der Waals surface area contributed by atoms with Gasteiger partial charge in [-0.15, -0.1) is 0 Å². The van der Waals surface area contributed by atoms with Crippen molar-refractivity contribution in [2.24, 2.45) is 0 Å². The molecule has 0 aliphatic rings. The summed E-state index contributed by atoms with van der Waals surface area (Å²) in [7, 11) is 0. The van der Waals surface area contributed by atoms with Crippen LogP contribution in [0.2, 0.25) is 0 Å². The molecule has 0 fully saturated rings. The monoisotopic (exact) mass is 310 g/mol. The van der Waals surface area contributed by atoms with E-state index in [1.165, 1.54) is 0 Å². The summed E-state index contributed by atoms with van der Waals surface area (Å²) in [6.07, 6.45) is -0.0623. The van der Waals surface area contributed by atoms with Gasteiger partial charge in [0.05, 0.1) is 19.6 Å². The van der Waals surface area contributed by atoms with Gasteiger partial charge in [0, 0.05) is 0 Å². The SMILES string of the molecule is CCOC(=O)C(C)(C)Oc1ccc(OCCC(=O)O)cc1C. The lowest BCUT2D eigenvalue weighted by Crippen LogP contribution is -2.39. The zero-order valence-electron chi connectivity index (χ0n) is 13.3. The number of aryl methyl sites for hydroxylation is 1. The van der Waals surface area contributed by atoms with E-state index in [0.717, 1.165) is 5.56 Å². The third-order valence-electron chi connectivity index (χ3n) is 2.86. The number of aliphatic carboxylic acids is 1. The minimum Gasteiger partial charge on any atom is -0.493 e. The van der Waals surface area contributed by atoms with Crippen LogP contribution in [-0.4, -0.2) is 35.9 Å². The number of benzene rings is 1. The molecule has 0 bridgehead atoms. The standard InChI is InChI=1S/C16H22O6/c1-5-20-15(19)16(3,4)22-13-7-6-12(10-11(13)2)21-9-8-14(17)18/h6-7,10H,5,8-9H2,1-4H3,(H,17,18). The molecular weight excluding hydrogens is 288 g/mol. The number of carboxylic acids is 1. The van der Waals surface area contributed by atoms with Crippen LogP contribution in [0.1, 0.15) is 32.8 Å². The number of rotatable bonds is 8. The van der Waals surface area contributed by atoms with E-state index < -0.39 is 17.5 Å². The van der Waals surface area contributed by atoms with Crippen molar-refractivity contribution < 1.29 is 28.9 Å². The summed E-state index contributed by atoms with van der Waals surface area (Å²) in [6, 6.07) is 5.09. The predicted molar refractivity (Wildman–Crippen MR) is 80.3 cm³/mol. The molecule has 22 heavy (non-hydrogen) atoms. The van der Waals surface area contributed by atoms with Gasteiger partial charge in [-0.05, 0) is 51.5 Å². The number of carbonyl (C=O) groups excluding carboxylic acids is 1. The maximum atomic E-state index is 11.8. The van der Waals surface area contributed by atoms with E-state index in [1.54, 1.807) is 39.0 Å². The van der Waals surface area contributed by atoms with Crippen LogP contribution >= 0.6 is 0 Å². The average Bonchev–Trinajstić information content (AvgIpc) is 2.41. The van der Waals surface area contributed by atoms with E-state index in [0.29, 0.717) is 18.1 Å². The second-order valence-corrected chi connectivity index (χ2v) is 5.25. The molecule has 122 valence electrons. The Morgan fingerprint density at radius 1 is 1.27 bits per heavy atom. The van der Waals surface area contributed by atoms with Crippen LogP contribution in [0.5, 0.6) is 11.5 Å². The van der Waals surface area contributed by atoms with E-state index >= 15 is 0 Å². The third kappa shape index (κ3) is 5.27. The fraction of sp³-hybridized carbons (Fsp3) is 0.500. The van der Waals surface area contributed by atoms with Crippen molar-refractivity contribution in [1.82, 2.24) is 0 Å². The summed E-state index contributed by atoms with van der Waals surface area (Å²) < 4.78 is 16.0. The second-order valence-electron chi connectivity index (χ2n) is 5.25.